The Morgan fingerprint density at radius 3 is 1.95 bits per heavy atom. The highest BCUT2D eigenvalue weighted by molar-refractivity contribution is 5.43. The first-order valence-electron chi connectivity index (χ1n) is 7.76. The van der Waals surface area contributed by atoms with Gasteiger partial charge in [0.2, 0.25) is 0 Å². The zero-order valence-electron chi connectivity index (χ0n) is 11.8. The Hall–Kier alpha value is -1.19. The molecule has 0 atom stereocenters. The fourth-order valence-corrected chi connectivity index (χ4v) is 5.67. The van der Waals surface area contributed by atoms with Crippen molar-refractivity contribution in [3.05, 3.63) is 29.3 Å². The van der Waals surface area contributed by atoms with E-state index in [4.69, 9.17) is 0 Å². The molecule has 0 aromatic heterocycles. The number of hydrogen-bond acceptors (Lipinski definition) is 1. The van der Waals surface area contributed by atoms with E-state index in [1.54, 1.807) is 0 Å². The van der Waals surface area contributed by atoms with E-state index in [-0.39, 0.29) is 11.2 Å². The number of hydrogen-bond donors (Lipinski definition) is 1. The molecule has 0 spiro atoms. The average molecular weight is 296 g/mol. The van der Waals surface area contributed by atoms with Crippen molar-refractivity contribution in [2.24, 2.45) is 17.8 Å². The highest BCUT2D eigenvalue weighted by atomic mass is 19.4. The molecule has 4 fully saturated rings. The molecule has 0 aliphatic heterocycles. The fourth-order valence-electron chi connectivity index (χ4n) is 5.67. The molecule has 114 valence electrons. The summed E-state index contributed by atoms with van der Waals surface area (Å²) in [6.45, 7) is 0. The minimum atomic E-state index is -4.39. The Kier molecular flexibility index (Phi) is 2.68. The van der Waals surface area contributed by atoms with E-state index in [2.05, 4.69) is 0 Å². The Morgan fingerprint density at radius 1 is 0.952 bits per heavy atom. The number of benzene rings is 1. The summed E-state index contributed by atoms with van der Waals surface area (Å²) >= 11 is 0. The second kappa shape index (κ2) is 4.17. The predicted octanol–water partition coefficient (Wildman–Crippen LogP) is 4.88. The predicted molar refractivity (Wildman–Crippen MR) is 73.0 cm³/mol. The van der Waals surface area contributed by atoms with E-state index in [0.29, 0.717) is 23.3 Å². The molecule has 1 N–H and O–H groups in total. The topological polar surface area (TPSA) is 20.2 Å². The fraction of sp³-hybridized carbons (Fsp3) is 0.647. The molecule has 0 unspecified atom stereocenters. The van der Waals surface area contributed by atoms with E-state index < -0.39 is 11.7 Å². The monoisotopic (exact) mass is 296 g/mol. The maximum Gasteiger partial charge on any atom is 0.416 e. The minimum absolute atomic E-state index is 0.296. The molecule has 4 bridgehead atoms. The Bertz CT molecular complexity index is 541. The molecule has 5 rings (SSSR count). The van der Waals surface area contributed by atoms with Gasteiger partial charge in [-0.15, -0.1) is 0 Å². The third-order valence-electron chi connectivity index (χ3n) is 5.92. The van der Waals surface area contributed by atoms with E-state index >= 15 is 0 Å². The van der Waals surface area contributed by atoms with Crippen molar-refractivity contribution < 1.29 is 18.3 Å². The van der Waals surface area contributed by atoms with Crippen LogP contribution in [0.1, 0.15) is 49.7 Å². The molecule has 1 nitrogen and oxygen atoms in total. The van der Waals surface area contributed by atoms with Crippen LogP contribution in [0.15, 0.2) is 18.2 Å². The van der Waals surface area contributed by atoms with Crippen LogP contribution in [0.4, 0.5) is 13.2 Å². The lowest BCUT2D eigenvalue weighted by Gasteiger charge is -2.57. The highest BCUT2D eigenvalue weighted by Crippen LogP contribution is 2.62. The zero-order valence-corrected chi connectivity index (χ0v) is 11.8. The van der Waals surface area contributed by atoms with Crippen LogP contribution >= 0.6 is 0 Å². The molecule has 4 heteroatoms. The maximum absolute atomic E-state index is 13.4. The normalized spacial score (nSPS) is 38.0. The van der Waals surface area contributed by atoms with Crippen molar-refractivity contribution in [1.29, 1.82) is 0 Å². The van der Waals surface area contributed by atoms with E-state index in [1.807, 2.05) is 0 Å². The van der Waals surface area contributed by atoms with Gasteiger partial charge in [0, 0.05) is 0 Å². The van der Waals surface area contributed by atoms with Gasteiger partial charge >= 0.3 is 6.18 Å². The number of alkyl halides is 3. The Labute approximate surface area is 122 Å². The second-order valence-corrected chi connectivity index (χ2v) is 7.43. The summed E-state index contributed by atoms with van der Waals surface area (Å²) in [5, 5.41) is 9.48. The largest absolute Gasteiger partial charge is 0.508 e. The van der Waals surface area contributed by atoms with E-state index in [9.17, 15) is 18.3 Å². The van der Waals surface area contributed by atoms with Gasteiger partial charge in [0.15, 0.2) is 0 Å². The first-order chi connectivity index (χ1) is 9.86. The van der Waals surface area contributed by atoms with E-state index in [1.165, 1.54) is 31.4 Å². The summed E-state index contributed by atoms with van der Waals surface area (Å²) in [5.41, 5.74) is -0.482. The van der Waals surface area contributed by atoms with Crippen LogP contribution in [0.3, 0.4) is 0 Å². The molecule has 4 saturated carbocycles. The van der Waals surface area contributed by atoms with Crippen molar-refractivity contribution in [2.45, 2.75) is 50.1 Å². The third-order valence-corrected chi connectivity index (χ3v) is 5.92. The molecule has 1 aromatic rings. The number of rotatable bonds is 1. The van der Waals surface area contributed by atoms with Crippen LogP contribution in [0.5, 0.6) is 5.75 Å². The molecular weight excluding hydrogens is 277 g/mol. The molecule has 4 aliphatic carbocycles. The lowest BCUT2D eigenvalue weighted by atomic mass is 9.47. The van der Waals surface area contributed by atoms with Crippen LogP contribution in [0, 0.1) is 17.8 Å². The molecule has 0 radical (unpaired) electrons. The van der Waals surface area contributed by atoms with Crippen molar-refractivity contribution in [1.82, 2.24) is 0 Å². The van der Waals surface area contributed by atoms with Gasteiger partial charge in [0.05, 0.1) is 5.56 Å². The lowest BCUT2D eigenvalue weighted by molar-refractivity contribution is -0.140. The van der Waals surface area contributed by atoms with Gasteiger partial charge in [-0.3, -0.25) is 0 Å². The Balaban J connectivity index is 1.83. The molecule has 0 saturated heterocycles. The molecule has 4 aliphatic rings. The summed E-state index contributed by atoms with van der Waals surface area (Å²) in [7, 11) is 0. The summed E-state index contributed by atoms with van der Waals surface area (Å²) in [6.07, 6.45) is 1.92. The second-order valence-electron chi connectivity index (χ2n) is 7.43. The molecule has 0 amide bonds. The molecule has 21 heavy (non-hydrogen) atoms. The third kappa shape index (κ3) is 2.06. The van der Waals surface area contributed by atoms with Crippen LogP contribution in [-0.2, 0) is 11.6 Å². The number of phenols is 1. The minimum Gasteiger partial charge on any atom is -0.508 e. The van der Waals surface area contributed by atoms with Gasteiger partial charge in [-0.1, -0.05) is 6.07 Å². The van der Waals surface area contributed by atoms with Crippen molar-refractivity contribution in [3.63, 3.8) is 0 Å². The number of phenolic OH excluding ortho intramolecular Hbond substituents is 1. The van der Waals surface area contributed by atoms with Gasteiger partial charge in [-0.25, -0.2) is 0 Å². The molecule has 0 heterocycles. The quantitative estimate of drug-likeness (QED) is 0.783. The molecule has 1 aromatic carbocycles. The standard InChI is InChI=1S/C17H19F3O/c18-17(19,20)15-6-13(21)1-2-14(15)16-7-10-3-11(8-16)5-12(4-10)9-16/h1-2,6,10-12,21H,3-5,7-9H2. The number of halogens is 3. The SMILES string of the molecule is Oc1ccc(C23CC4CC(CC(C4)C2)C3)c(C(F)(F)F)c1. The van der Waals surface area contributed by atoms with Crippen LogP contribution < -0.4 is 0 Å². The first-order valence-corrected chi connectivity index (χ1v) is 7.76. The lowest BCUT2D eigenvalue weighted by Crippen LogP contribution is -2.49. The van der Waals surface area contributed by atoms with E-state index in [0.717, 1.165) is 25.3 Å². The molecular formula is C17H19F3O. The summed E-state index contributed by atoms with van der Waals surface area (Å²) < 4.78 is 40.2. The van der Waals surface area contributed by atoms with Crippen molar-refractivity contribution in [2.75, 3.05) is 0 Å². The van der Waals surface area contributed by atoms with Gasteiger partial charge in [-0.05, 0) is 79.4 Å². The van der Waals surface area contributed by atoms with Crippen LogP contribution in [0.25, 0.3) is 0 Å². The van der Waals surface area contributed by atoms with Gasteiger partial charge in [0.1, 0.15) is 5.75 Å². The van der Waals surface area contributed by atoms with Gasteiger partial charge in [-0.2, -0.15) is 13.2 Å². The van der Waals surface area contributed by atoms with Crippen LogP contribution in [0.2, 0.25) is 0 Å². The Morgan fingerprint density at radius 2 is 1.48 bits per heavy atom. The summed E-state index contributed by atoms with van der Waals surface area (Å²) in [6, 6.07) is 3.86. The maximum atomic E-state index is 13.4. The highest BCUT2D eigenvalue weighted by Gasteiger charge is 2.53. The average Bonchev–Trinajstić information content (AvgIpc) is 2.35. The summed E-state index contributed by atoms with van der Waals surface area (Å²) in [4.78, 5) is 0. The first kappa shape index (κ1) is 13.5. The van der Waals surface area contributed by atoms with Crippen LogP contribution in [-0.4, -0.2) is 5.11 Å². The van der Waals surface area contributed by atoms with Crippen molar-refractivity contribution >= 4 is 0 Å². The van der Waals surface area contributed by atoms with Gasteiger partial charge < -0.3 is 5.11 Å². The number of aromatic hydroxyl groups is 1. The van der Waals surface area contributed by atoms with Gasteiger partial charge in [0.25, 0.3) is 0 Å². The van der Waals surface area contributed by atoms with Crippen molar-refractivity contribution in [3.8, 4) is 5.75 Å². The summed E-state index contributed by atoms with van der Waals surface area (Å²) in [5.74, 6) is 1.51. The zero-order chi connectivity index (χ0) is 14.8. The smallest absolute Gasteiger partial charge is 0.416 e.